The molecule has 2 fully saturated rings. The third kappa shape index (κ3) is 4.03. The zero-order valence-electron chi connectivity index (χ0n) is 20.0. The summed E-state index contributed by atoms with van der Waals surface area (Å²) in [6.45, 7) is 1.77. The summed E-state index contributed by atoms with van der Waals surface area (Å²) in [7, 11) is 1.23. The number of benzene rings is 1. The summed E-state index contributed by atoms with van der Waals surface area (Å²) in [6, 6.07) is 0.411. The molecule has 0 radical (unpaired) electrons. The molecule has 4 heterocycles. The van der Waals surface area contributed by atoms with E-state index in [0.29, 0.717) is 31.4 Å². The molecule has 9 nitrogen and oxygen atoms in total. The van der Waals surface area contributed by atoms with Gasteiger partial charge in [-0.15, -0.1) is 0 Å². The Morgan fingerprint density at radius 2 is 1.95 bits per heavy atom. The first-order valence-electron chi connectivity index (χ1n) is 11.6. The lowest BCUT2D eigenvalue weighted by Gasteiger charge is -2.42. The molecule has 3 aliphatic rings. The van der Waals surface area contributed by atoms with Gasteiger partial charge in [0.2, 0.25) is 5.43 Å². The highest BCUT2D eigenvalue weighted by atomic mass is 79.9. The maximum atomic E-state index is 14.4. The van der Waals surface area contributed by atoms with Crippen LogP contribution in [0, 0.1) is 17.5 Å². The van der Waals surface area contributed by atoms with Crippen molar-refractivity contribution < 1.29 is 32.3 Å². The number of hydrogen-bond acceptors (Lipinski definition) is 6. The van der Waals surface area contributed by atoms with Crippen molar-refractivity contribution in [3.8, 4) is 5.75 Å². The van der Waals surface area contributed by atoms with E-state index in [9.17, 15) is 27.6 Å². The van der Waals surface area contributed by atoms with Crippen LogP contribution in [-0.4, -0.2) is 56.6 Å². The number of primary amides is 1. The highest BCUT2D eigenvalue weighted by Crippen LogP contribution is 2.50. The SMILES string of the molecule is COc1c2n(cc(C(N)=O)c1=O)[C@@H]1CN(C2=O)[C@@H](C)CC[C@]12CC(Br)N(Cc1c(F)cc(F)cc1F)O2. The third-order valence-corrected chi connectivity index (χ3v) is 8.28. The van der Waals surface area contributed by atoms with Gasteiger partial charge in [-0.05, 0) is 19.8 Å². The van der Waals surface area contributed by atoms with E-state index in [1.165, 1.54) is 22.9 Å². The number of methoxy groups -OCH3 is 1. The van der Waals surface area contributed by atoms with Gasteiger partial charge in [0.1, 0.15) is 28.6 Å². The molecule has 4 atom stereocenters. The normalized spacial score (nSPS) is 27.4. The number of hydroxylamine groups is 2. The summed E-state index contributed by atoms with van der Waals surface area (Å²) in [5.41, 5.74) is 2.96. The van der Waals surface area contributed by atoms with Crippen LogP contribution in [0.25, 0.3) is 0 Å². The average Bonchev–Trinajstić information content (AvgIpc) is 3.09. The minimum atomic E-state index is -1.04. The second kappa shape index (κ2) is 9.14. The predicted molar refractivity (Wildman–Crippen MR) is 128 cm³/mol. The van der Waals surface area contributed by atoms with E-state index in [2.05, 4.69) is 15.9 Å². The Kier molecular flexibility index (Phi) is 6.35. The van der Waals surface area contributed by atoms with Crippen molar-refractivity contribution in [3.05, 3.63) is 62.8 Å². The van der Waals surface area contributed by atoms with E-state index in [0.717, 1.165) is 0 Å². The number of amides is 2. The summed E-state index contributed by atoms with van der Waals surface area (Å²) in [5.74, 6) is -4.79. The summed E-state index contributed by atoms with van der Waals surface area (Å²) < 4.78 is 49.1. The number of hydrogen-bond donors (Lipinski definition) is 1. The number of ether oxygens (including phenoxy) is 1. The maximum Gasteiger partial charge on any atom is 0.274 e. The molecule has 2 bridgehead atoms. The molecule has 2 N–H and O–H groups in total. The second-order valence-corrected chi connectivity index (χ2v) is 10.7. The van der Waals surface area contributed by atoms with Gasteiger partial charge in [-0.2, -0.15) is 5.06 Å². The Hall–Kier alpha value is -2.90. The monoisotopic (exact) mass is 584 g/mol. The first-order valence-corrected chi connectivity index (χ1v) is 12.6. The molecule has 2 aromatic rings. The molecule has 2 amide bonds. The molecule has 1 spiro atoms. The van der Waals surface area contributed by atoms with E-state index in [4.69, 9.17) is 15.3 Å². The zero-order valence-corrected chi connectivity index (χ0v) is 21.6. The lowest BCUT2D eigenvalue weighted by molar-refractivity contribution is -0.220. The second-order valence-electron chi connectivity index (χ2n) is 9.60. The number of aromatic nitrogens is 1. The Bertz CT molecular complexity index is 1350. The van der Waals surface area contributed by atoms with Crippen molar-refractivity contribution in [2.75, 3.05) is 13.7 Å². The Labute approximate surface area is 218 Å². The minimum Gasteiger partial charge on any atom is -0.491 e. The first kappa shape index (κ1) is 25.7. The largest absolute Gasteiger partial charge is 0.491 e. The standard InChI is InChI=1S/C24H24BrF3N4O5/c1-11-3-4-24(7-18(25)32(37-24)9-13-15(27)5-12(26)6-16(13)28)17-10-30(11)23(35)19-21(36-2)20(33)14(22(29)34)8-31(17)19/h5-6,8,11,17-18H,3-4,7,9-10H2,1-2H3,(H2,29,34)/t11-,17+,18?,24-/m0/s1. The van der Waals surface area contributed by atoms with Crippen LogP contribution in [0.5, 0.6) is 5.75 Å². The molecule has 1 unspecified atom stereocenters. The van der Waals surface area contributed by atoms with Gasteiger partial charge in [0.25, 0.3) is 11.8 Å². The summed E-state index contributed by atoms with van der Waals surface area (Å²) in [5, 5.41) is 1.38. The molecule has 13 heteroatoms. The van der Waals surface area contributed by atoms with Crippen LogP contribution in [0.2, 0.25) is 0 Å². The number of carbonyl (C=O) groups excluding carboxylic acids is 2. The summed E-state index contributed by atoms with van der Waals surface area (Å²) in [6.07, 6.45) is 2.60. The molecule has 37 heavy (non-hydrogen) atoms. The van der Waals surface area contributed by atoms with E-state index >= 15 is 0 Å². The Morgan fingerprint density at radius 1 is 1.27 bits per heavy atom. The van der Waals surface area contributed by atoms with Crippen molar-refractivity contribution in [1.29, 1.82) is 0 Å². The molecular weight excluding hydrogens is 561 g/mol. The fourth-order valence-electron chi connectivity index (χ4n) is 5.57. The lowest BCUT2D eigenvalue weighted by Crippen LogP contribution is -2.52. The van der Waals surface area contributed by atoms with Gasteiger partial charge in [0, 0.05) is 42.9 Å². The van der Waals surface area contributed by atoms with Gasteiger partial charge in [0.05, 0.1) is 24.6 Å². The highest BCUT2D eigenvalue weighted by Gasteiger charge is 2.56. The predicted octanol–water partition coefficient (Wildman–Crippen LogP) is 2.85. The highest BCUT2D eigenvalue weighted by molar-refractivity contribution is 9.09. The fourth-order valence-corrected chi connectivity index (χ4v) is 6.34. The minimum absolute atomic E-state index is 0.0225. The molecule has 3 aliphatic heterocycles. The molecule has 0 saturated carbocycles. The van der Waals surface area contributed by atoms with Crippen molar-refractivity contribution in [3.63, 3.8) is 0 Å². The van der Waals surface area contributed by atoms with Crippen LogP contribution in [-0.2, 0) is 11.4 Å². The Morgan fingerprint density at radius 3 is 2.57 bits per heavy atom. The summed E-state index contributed by atoms with van der Waals surface area (Å²) in [4.78, 5) is 46.0. The molecule has 2 saturated heterocycles. The maximum absolute atomic E-state index is 14.4. The van der Waals surface area contributed by atoms with E-state index in [1.54, 1.807) is 4.90 Å². The molecule has 0 aliphatic carbocycles. The average molecular weight is 585 g/mol. The number of halogens is 4. The van der Waals surface area contributed by atoms with Gasteiger partial charge in [0.15, 0.2) is 11.4 Å². The van der Waals surface area contributed by atoms with E-state index in [-0.39, 0.29) is 41.7 Å². The molecule has 1 aromatic heterocycles. The topological polar surface area (TPSA) is 107 Å². The number of fused-ring (bicyclic) bond motifs is 5. The molecule has 5 rings (SSSR count). The van der Waals surface area contributed by atoms with Gasteiger partial charge in [-0.25, -0.2) is 13.2 Å². The third-order valence-electron chi connectivity index (χ3n) is 7.50. The number of nitrogens with zero attached hydrogens (tertiary/aromatic N) is 3. The number of pyridine rings is 1. The number of rotatable bonds is 4. The number of carbonyl (C=O) groups is 2. The van der Waals surface area contributed by atoms with Crippen LogP contribution in [0.15, 0.2) is 23.1 Å². The van der Waals surface area contributed by atoms with Gasteiger partial charge in [-0.3, -0.25) is 19.2 Å². The van der Waals surface area contributed by atoms with Crippen molar-refractivity contribution in [2.45, 2.75) is 55.4 Å². The fraction of sp³-hybridized carbons (Fsp3) is 0.458. The van der Waals surface area contributed by atoms with Gasteiger partial charge in [-0.1, -0.05) is 15.9 Å². The summed E-state index contributed by atoms with van der Waals surface area (Å²) >= 11 is 3.54. The Balaban J connectivity index is 1.61. The van der Waals surface area contributed by atoms with Gasteiger partial charge < -0.3 is 19.9 Å². The van der Waals surface area contributed by atoms with Crippen LogP contribution in [0.1, 0.15) is 58.6 Å². The smallest absolute Gasteiger partial charge is 0.274 e. The number of alkyl halides is 1. The molecule has 1 aromatic carbocycles. The zero-order chi connectivity index (χ0) is 26.8. The van der Waals surface area contributed by atoms with Crippen molar-refractivity contribution in [2.24, 2.45) is 5.73 Å². The van der Waals surface area contributed by atoms with Crippen molar-refractivity contribution in [1.82, 2.24) is 14.5 Å². The van der Waals surface area contributed by atoms with Crippen molar-refractivity contribution >= 4 is 27.7 Å². The van der Waals surface area contributed by atoms with Gasteiger partial charge >= 0.3 is 0 Å². The quantitative estimate of drug-likeness (QED) is 0.437. The van der Waals surface area contributed by atoms with E-state index < -0.39 is 51.3 Å². The van der Waals surface area contributed by atoms with Crippen LogP contribution >= 0.6 is 15.9 Å². The number of nitrogens with two attached hydrogens (primary N) is 1. The first-order chi connectivity index (χ1) is 17.5. The lowest BCUT2D eigenvalue weighted by atomic mass is 9.85. The molecular formula is C24H24BrF3N4O5. The van der Waals surface area contributed by atoms with Crippen LogP contribution < -0.4 is 15.9 Å². The van der Waals surface area contributed by atoms with E-state index in [1.807, 2.05) is 6.92 Å². The van der Waals surface area contributed by atoms with Crippen LogP contribution in [0.4, 0.5) is 13.2 Å². The molecule has 198 valence electrons. The van der Waals surface area contributed by atoms with Crippen LogP contribution in [0.3, 0.4) is 0 Å².